The van der Waals surface area contributed by atoms with Crippen molar-refractivity contribution >= 4 is 17.7 Å². The minimum Gasteiger partial charge on any atom is -0.447 e. The Balaban J connectivity index is 1.17. The summed E-state index contributed by atoms with van der Waals surface area (Å²) in [5, 5.41) is 8.86. The fourth-order valence-corrected chi connectivity index (χ4v) is 6.32. The molecule has 1 aromatic heterocycles. The van der Waals surface area contributed by atoms with E-state index in [1.165, 1.54) is 74.0 Å². The number of nitrogens with two attached hydrogens (primary N) is 1. The number of amides is 2. The lowest BCUT2D eigenvalue weighted by Crippen LogP contribution is -2.47. The molecule has 1 saturated carbocycles. The van der Waals surface area contributed by atoms with Crippen LogP contribution in [0.2, 0.25) is 0 Å². The summed E-state index contributed by atoms with van der Waals surface area (Å²) in [7, 11) is 0. The smallest absolute Gasteiger partial charge is 0.407 e. The first kappa shape index (κ1) is 34.3. The van der Waals surface area contributed by atoms with Crippen LogP contribution < -0.4 is 21.7 Å². The van der Waals surface area contributed by atoms with E-state index in [1.807, 2.05) is 0 Å². The van der Waals surface area contributed by atoms with Crippen LogP contribution in [0.5, 0.6) is 0 Å². The van der Waals surface area contributed by atoms with Gasteiger partial charge in [0.1, 0.15) is 30.2 Å². The number of rotatable bonds is 12. The zero-order valence-electron chi connectivity index (χ0n) is 26.2. The van der Waals surface area contributed by atoms with Gasteiger partial charge in [0.05, 0.1) is 30.2 Å². The van der Waals surface area contributed by atoms with Crippen molar-refractivity contribution in [1.29, 1.82) is 0 Å². The molecule has 3 atom stereocenters. The van der Waals surface area contributed by atoms with Crippen molar-refractivity contribution in [3.05, 3.63) is 95.1 Å². The van der Waals surface area contributed by atoms with Crippen LogP contribution in [0.25, 0.3) is 0 Å². The molecule has 9 nitrogen and oxygen atoms in total. The van der Waals surface area contributed by atoms with Crippen molar-refractivity contribution in [3.63, 3.8) is 0 Å². The minimum atomic E-state index is -1.19. The molecule has 0 spiro atoms. The number of benzene rings is 2. The summed E-state index contributed by atoms with van der Waals surface area (Å²) in [6, 6.07) is 9.94. The van der Waals surface area contributed by atoms with E-state index in [0.29, 0.717) is 43.1 Å². The standard InChI is InChI=1S/C35H42F3N5O4/c36-25-10-6-23(7-11-25)32(24-8-12-26(37)13-9-24)33(39)34(44)43-31-20-41-19-30(38)29(31)15-14-27-17-40-18-28(47-27)21-46-35(45)42-16-22-4-2-1-3-5-22/h6-13,19-20,22,27-28,32-33,40H,1-5,14-18,21,39H2,(H,42,45)(H,43,44)/t27-,28+,33?/m1/s1. The number of halogens is 3. The molecule has 12 heteroatoms. The zero-order valence-corrected chi connectivity index (χ0v) is 26.2. The van der Waals surface area contributed by atoms with Crippen molar-refractivity contribution in [2.45, 2.75) is 69.1 Å². The van der Waals surface area contributed by atoms with Gasteiger partial charge in [0.2, 0.25) is 5.91 Å². The van der Waals surface area contributed by atoms with Crippen molar-refractivity contribution in [2.75, 3.05) is 31.6 Å². The van der Waals surface area contributed by atoms with Gasteiger partial charge in [-0.1, -0.05) is 43.5 Å². The van der Waals surface area contributed by atoms with E-state index in [4.69, 9.17) is 15.2 Å². The fourth-order valence-electron chi connectivity index (χ4n) is 6.32. The molecule has 1 saturated heterocycles. The molecule has 252 valence electrons. The lowest BCUT2D eigenvalue weighted by molar-refractivity contribution is -0.117. The molecule has 5 rings (SSSR count). The molecule has 2 fully saturated rings. The van der Waals surface area contributed by atoms with Gasteiger partial charge in [0, 0.05) is 31.1 Å². The van der Waals surface area contributed by atoms with Gasteiger partial charge in [-0.3, -0.25) is 9.78 Å². The maximum atomic E-state index is 15.1. The summed E-state index contributed by atoms with van der Waals surface area (Å²) in [5.41, 5.74) is 7.99. The summed E-state index contributed by atoms with van der Waals surface area (Å²) < 4.78 is 54.0. The Morgan fingerprint density at radius 1 is 0.936 bits per heavy atom. The summed E-state index contributed by atoms with van der Waals surface area (Å²) >= 11 is 0. The van der Waals surface area contributed by atoms with Crippen LogP contribution >= 0.6 is 0 Å². The summed E-state index contributed by atoms with van der Waals surface area (Å²) in [6.07, 6.45) is 7.87. The van der Waals surface area contributed by atoms with E-state index in [1.54, 1.807) is 0 Å². The molecule has 1 unspecified atom stereocenters. The number of anilines is 1. The third kappa shape index (κ3) is 9.75. The second kappa shape index (κ2) is 16.7. The molecule has 0 radical (unpaired) electrons. The number of hydrogen-bond acceptors (Lipinski definition) is 7. The van der Waals surface area contributed by atoms with E-state index in [2.05, 4.69) is 20.9 Å². The van der Waals surface area contributed by atoms with Crippen LogP contribution in [0.1, 0.15) is 61.1 Å². The molecule has 2 amide bonds. The Hall–Kier alpha value is -4.00. The largest absolute Gasteiger partial charge is 0.447 e. The quantitative estimate of drug-likeness (QED) is 0.212. The highest BCUT2D eigenvalue weighted by atomic mass is 19.1. The molecular formula is C35H42F3N5O4. The first-order chi connectivity index (χ1) is 22.8. The number of alkyl carbamates (subject to hydrolysis) is 1. The molecule has 1 aliphatic heterocycles. The Bertz CT molecular complexity index is 1430. The molecule has 2 heterocycles. The Kier molecular flexibility index (Phi) is 12.2. The number of aromatic nitrogens is 1. The Morgan fingerprint density at radius 3 is 2.23 bits per heavy atom. The van der Waals surface area contributed by atoms with Gasteiger partial charge in [0.15, 0.2) is 0 Å². The first-order valence-electron chi connectivity index (χ1n) is 16.2. The molecule has 2 aromatic carbocycles. The highest BCUT2D eigenvalue weighted by Crippen LogP contribution is 2.30. The Labute approximate surface area is 272 Å². The number of nitrogens with zero attached hydrogens (tertiary/aromatic N) is 1. The van der Waals surface area contributed by atoms with Crippen LogP contribution in [0.3, 0.4) is 0 Å². The summed E-state index contributed by atoms with van der Waals surface area (Å²) in [4.78, 5) is 29.6. The van der Waals surface area contributed by atoms with Crippen LogP contribution in [0.4, 0.5) is 23.7 Å². The van der Waals surface area contributed by atoms with Crippen molar-refractivity contribution in [2.24, 2.45) is 11.7 Å². The molecule has 5 N–H and O–H groups in total. The number of ether oxygens (including phenoxy) is 2. The number of pyridine rings is 1. The zero-order chi connectivity index (χ0) is 33.2. The molecule has 0 bridgehead atoms. The molecule has 3 aromatic rings. The van der Waals surface area contributed by atoms with Gasteiger partial charge >= 0.3 is 6.09 Å². The second-order valence-corrected chi connectivity index (χ2v) is 12.3. The Morgan fingerprint density at radius 2 is 1.57 bits per heavy atom. The van der Waals surface area contributed by atoms with Gasteiger partial charge in [-0.25, -0.2) is 18.0 Å². The van der Waals surface area contributed by atoms with E-state index < -0.39 is 41.4 Å². The topological polar surface area (TPSA) is 128 Å². The summed E-state index contributed by atoms with van der Waals surface area (Å²) in [6.45, 7) is 1.75. The van der Waals surface area contributed by atoms with Crippen LogP contribution in [-0.2, 0) is 20.7 Å². The normalized spacial score (nSPS) is 19.3. The van der Waals surface area contributed by atoms with E-state index in [-0.39, 0.29) is 36.5 Å². The summed E-state index contributed by atoms with van der Waals surface area (Å²) in [5.74, 6) is -2.36. The predicted octanol–water partition coefficient (Wildman–Crippen LogP) is 5.19. The second-order valence-electron chi connectivity index (χ2n) is 12.3. The lowest BCUT2D eigenvalue weighted by Gasteiger charge is -2.31. The van der Waals surface area contributed by atoms with Gasteiger partial charge in [0.25, 0.3) is 0 Å². The van der Waals surface area contributed by atoms with Gasteiger partial charge in [-0.05, 0) is 67.0 Å². The lowest BCUT2D eigenvalue weighted by atomic mass is 9.85. The monoisotopic (exact) mass is 653 g/mol. The fraction of sp³-hybridized carbons (Fsp3) is 0.457. The molecule has 2 aliphatic rings. The number of carbonyl (C=O) groups excluding carboxylic acids is 2. The first-order valence-corrected chi connectivity index (χ1v) is 16.2. The van der Waals surface area contributed by atoms with E-state index >= 15 is 4.39 Å². The third-order valence-electron chi connectivity index (χ3n) is 8.89. The van der Waals surface area contributed by atoms with Gasteiger partial charge < -0.3 is 31.2 Å². The van der Waals surface area contributed by atoms with E-state index in [9.17, 15) is 18.4 Å². The third-order valence-corrected chi connectivity index (χ3v) is 8.89. The van der Waals surface area contributed by atoms with Crippen LogP contribution in [-0.4, -0.2) is 61.5 Å². The maximum absolute atomic E-state index is 15.1. The molecule has 1 aliphatic carbocycles. The highest BCUT2D eigenvalue weighted by Gasteiger charge is 2.30. The number of nitrogens with one attached hydrogen (secondary N) is 3. The van der Waals surface area contributed by atoms with Crippen molar-refractivity contribution in [3.8, 4) is 0 Å². The molecule has 47 heavy (non-hydrogen) atoms. The maximum Gasteiger partial charge on any atom is 0.407 e. The minimum absolute atomic E-state index is 0.0894. The van der Waals surface area contributed by atoms with Crippen molar-refractivity contribution < 1.29 is 32.2 Å². The van der Waals surface area contributed by atoms with Crippen LogP contribution in [0.15, 0.2) is 60.9 Å². The van der Waals surface area contributed by atoms with Gasteiger partial charge in [-0.15, -0.1) is 0 Å². The average molecular weight is 654 g/mol. The SMILES string of the molecule is NC(C(=O)Nc1cncc(F)c1CC[C@@H]1CNC[C@@H](COC(=O)NCC2CCCCC2)O1)C(c1ccc(F)cc1)c1ccc(F)cc1. The average Bonchev–Trinajstić information content (AvgIpc) is 3.08. The van der Waals surface area contributed by atoms with Crippen LogP contribution in [0, 0.1) is 23.4 Å². The van der Waals surface area contributed by atoms with Gasteiger partial charge in [-0.2, -0.15) is 0 Å². The number of morpholine rings is 1. The van der Waals surface area contributed by atoms with Crippen molar-refractivity contribution in [1.82, 2.24) is 15.6 Å². The predicted molar refractivity (Wildman–Crippen MR) is 171 cm³/mol. The number of hydrogen-bond donors (Lipinski definition) is 4. The highest BCUT2D eigenvalue weighted by molar-refractivity contribution is 5.96. The molecular weight excluding hydrogens is 611 g/mol. The number of carbonyl (C=O) groups is 2. The van der Waals surface area contributed by atoms with E-state index in [0.717, 1.165) is 19.0 Å².